The van der Waals surface area contributed by atoms with Gasteiger partial charge in [-0.05, 0) is 25.1 Å². The minimum Gasteiger partial charge on any atom is -0.493 e. The van der Waals surface area contributed by atoms with Crippen molar-refractivity contribution in [2.75, 3.05) is 19.7 Å². The summed E-state index contributed by atoms with van der Waals surface area (Å²) >= 11 is 0. The van der Waals surface area contributed by atoms with Crippen molar-refractivity contribution in [2.24, 2.45) is 5.73 Å². The minimum atomic E-state index is -0.956. The predicted molar refractivity (Wildman–Crippen MR) is 84.7 cm³/mol. The number of ether oxygens (including phenoxy) is 2. The molecule has 1 aromatic rings. The molecule has 0 fully saturated rings. The molecule has 0 spiro atoms. The molecule has 22 heavy (non-hydrogen) atoms. The van der Waals surface area contributed by atoms with Crippen molar-refractivity contribution in [3.8, 4) is 17.6 Å². The summed E-state index contributed by atoms with van der Waals surface area (Å²) in [7, 11) is 0. The predicted octanol–water partition coefficient (Wildman–Crippen LogP) is 1.37. The lowest BCUT2D eigenvalue weighted by molar-refractivity contribution is -0.0228. The number of rotatable bonds is 10. The van der Waals surface area contributed by atoms with Gasteiger partial charge in [-0.15, -0.1) is 0 Å². The lowest BCUT2D eigenvalue weighted by atomic mass is 10.2. The van der Waals surface area contributed by atoms with Crippen LogP contribution in [0.2, 0.25) is 0 Å². The zero-order valence-corrected chi connectivity index (χ0v) is 13.2. The van der Waals surface area contributed by atoms with E-state index in [9.17, 15) is 10.4 Å². The van der Waals surface area contributed by atoms with Crippen molar-refractivity contribution in [3.05, 3.63) is 23.8 Å². The van der Waals surface area contributed by atoms with Gasteiger partial charge < -0.3 is 25.6 Å². The molecule has 4 N–H and O–H groups in total. The highest BCUT2D eigenvalue weighted by molar-refractivity contribution is 5.47. The molecular weight excluding hydrogens is 282 g/mol. The molecule has 0 amide bonds. The van der Waals surface area contributed by atoms with E-state index < -0.39 is 6.29 Å². The monoisotopic (exact) mass is 307 g/mol. The van der Waals surface area contributed by atoms with Gasteiger partial charge in [0.25, 0.3) is 0 Å². The van der Waals surface area contributed by atoms with Crippen LogP contribution in [0.25, 0.3) is 0 Å². The summed E-state index contributed by atoms with van der Waals surface area (Å²) < 4.78 is 10.9. The van der Waals surface area contributed by atoms with Crippen LogP contribution in [0.3, 0.4) is 0 Å². The summed E-state index contributed by atoms with van der Waals surface area (Å²) in [5.41, 5.74) is 5.74. The maximum Gasteiger partial charge on any atom is 0.198 e. The van der Waals surface area contributed by atoms with Crippen molar-refractivity contribution in [1.82, 2.24) is 5.32 Å². The van der Waals surface area contributed by atoms with Gasteiger partial charge in [0.05, 0.1) is 12.2 Å². The zero-order chi connectivity index (χ0) is 16.4. The Morgan fingerprint density at radius 3 is 2.82 bits per heavy atom. The van der Waals surface area contributed by atoms with E-state index in [2.05, 4.69) is 5.32 Å². The van der Waals surface area contributed by atoms with Crippen LogP contribution in [0, 0.1) is 11.3 Å². The van der Waals surface area contributed by atoms with Gasteiger partial charge >= 0.3 is 0 Å². The Hall–Kier alpha value is -1.81. The summed E-state index contributed by atoms with van der Waals surface area (Å²) in [5.74, 6) is 0.944. The zero-order valence-electron chi connectivity index (χ0n) is 13.2. The number of aliphatic hydroxyl groups is 1. The van der Waals surface area contributed by atoms with E-state index in [1.165, 1.54) is 0 Å². The largest absolute Gasteiger partial charge is 0.493 e. The fourth-order valence-electron chi connectivity index (χ4n) is 1.76. The number of benzene rings is 1. The van der Waals surface area contributed by atoms with E-state index in [1.54, 1.807) is 18.2 Å². The van der Waals surface area contributed by atoms with Crippen molar-refractivity contribution in [3.63, 3.8) is 0 Å². The molecule has 1 aromatic carbocycles. The van der Waals surface area contributed by atoms with Gasteiger partial charge in [0.15, 0.2) is 6.29 Å². The van der Waals surface area contributed by atoms with Crippen LogP contribution < -0.4 is 20.5 Å². The Labute approximate surface area is 131 Å². The van der Waals surface area contributed by atoms with Crippen molar-refractivity contribution >= 4 is 0 Å². The number of nitrogens with zero attached hydrogens (tertiary/aromatic N) is 1. The molecule has 0 aliphatic rings. The maximum atomic E-state index is 9.86. The second kappa shape index (κ2) is 10.0. The van der Waals surface area contributed by atoms with Gasteiger partial charge in [-0.1, -0.05) is 13.8 Å². The highest BCUT2D eigenvalue weighted by atomic mass is 16.6. The molecule has 0 aliphatic carbocycles. The molecule has 0 heterocycles. The van der Waals surface area contributed by atoms with E-state index in [1.807, 2.05) is 19.9 Å². The highest BCUT2D eigenvalue weighted by Gasteiger charge is 2.11. The van der Waals surface area contributed by atoms with Crippen LogP contribution in [0.4, 0.5) is 0 Å². The Kier molecular flexibility index (Phi) is 8.30. The fraction of sp³-hybridized carbons (Fsp3) is 0.562. The van der Waals surface area contributed by atoms with Crippen LogP contribution in [-0.4, -0.2) is 37.1 Å². The van der Waals surface area contributed by atoms with Crippen LogP contribution >= 0.6 is 0 Å². The van der Waals surface area contributed by atoms with E-state index in [-0.39, 0.29) is 0 Å². The fourth-order valence-corrected chi connectivity index (χ4v) is 1.76. The third kappa shape index (κ3) is 6.76. The first-order valence-corrected chi connectivity index (χ1v) is 7.52. The maximum absolute atomic E-state index is 9.86. The van der Waals surface area contributed by atoms with Crippen LogP contribution in [0.5, 0.6) is 11.5 Å². The Morgan fingerprint density at radius 1 is 1.41 bits per heavy atom. The number of hydrogen-bond acceptors (Lipinski definition) is 6. The molecule has 1 atom stereocenters. The van der Waals surface area contributed by atoms with Crippen LogP contribution in [0.1, 0.15) is 32.3 Å². The Morgan fingerprint density at radius 2 is 2.18 bits per heavy atom. The quantitative estimate of drug-likeness (QED) is 0.446. The first kappa shape index (κ1) is 18.2. The van der Waals surface area contributed by atoms with Gasteiger partial charge in [0.1, 0.15) is 17.6 Å². The SMILES string of the molecule is CC(C)NCCC(O)Oc1ccc(OCCCN)cc1C#N. The molecule has 0 aliphatic heterocycles. The topological polar surface area (TPSA) is 101 Å². The molecule has 1 rings (SSSR count). The summed E-state index contributed by atoms with van der Waals surface area (Å²) in [6, 6.07) is 7.35. The standard InChI is InChI=1S/C16H25N3O3/c1-12(2)19-8-6-16(20)22-15-5-4-14(10-13(15)11-18)21-9-3-7-17/h4-5,10,12,16,19-20H,3,6-9,17H2,1-2H3. The van der Waals surface area contributed by atoms with Crippen LogP contribution in [0.15, 0.2) is 18.2 Å². The third-order valence-corrected chi connectivity index (χ3v) is 2.90. The van der Waals surface area contributed by atoms with Crippen molar-refractivity contribution < 1.29 is 14.6 Å². The molecule has 6 heteroatoms. The molecular formula is C16H25N3O3. The first-order valence-electron chi connectivity index (χ1n) is 7.52. The van der Waals surface area contributed by atoms with E-state index in [0.29, 0.717) is 49.2 Å². The number of aliphatic hydroxyl groups excluding tert-OH is 1. The smallest absolute Gasteiger partial charge is 0.198 e. The molecule has 1 unspecified atom stereocenters. The van der Waals surface area contributed by atoms with Gasteiger partial charge in [-0.3, -0.25) is 0 Å². The van der Waals surface area contributed by atoms with Gasteiger partial charge in [-0.25, -0.2) is 0 Å². The third-order valence-electron chi connectivity index (χ3n) is 2.90. The Balaban J connectivity index is 2.57. The van der Waals surface area contributed by atoms with Gasteiger partial charge in [0, 0.05) is 25.1 Å². The number of nitrogens with two attached hydrogens (primary N) is 1. The summed E-state index contributed by atoms with van der Waals surface area (Å²) in [6.07, 6.45) is 0.238. The molecule has 122 valence electrons. The summed E-state index contributed by atoms with van der Waals surface area (Å²) in [6.45, 7) is 5.77. The number of nitriles is 1. The molecule has 0 bridgehead atoms. The molecule has 6 nitrogen and oxygen atoms in total. The molecule has 0 aromatic heterocycles. The summed E-state index contributed by atoms with van der Waals surface area (Å²) in [4.78, 5) is 0. The first-order chi connectivity index (χ1) is 10.6. The van der Waals surface area contributed by atoms with Crippen molar-refractivity contribution in [1.29, 1.82) is 5.26 Å². The highest BCUT2D eigenvalue weighted by Crippen LogP contribution is 2.24. The molecule has 0 radical (unpaired) electrons. The van der Waals surface area contributed by atoms with E-state index in [4.69, 9.17) is 15.2 Å². The lowest BCUT2D eigenvalue weighted by Gasteiger charge is -2.16. The minimum absolute atomic E-state index is 0.334. The van der Waals surface area contributed by atoms with E-state index in [0.717, 1.165) is 6.42 Å². The average molecular weight is 307 g/mol. The van der Waals surface area contributed by atoms with Gasteiger partial charge in [-0.2, -0.15) is 5.26 Å². The Bertz CT molecular complexity index is 486. The second-order valence-corrected chi connectivity index (χ2v) is 5.23. The molecule has 0 saturated heterocycles. The normalized spacial score (nSPS) is 12.0. The average Bonchev–Trinajstić information content (AvgIpc) is 2.48. The van der Waals surface area contributed by atoms with Crippen molar-refractivity contribution in [2.45, 2.75) is 39.0 Å². The van der Waals surface area contributed by atoms with E-state index >= 15 is 0 Å². The number of nitrogens with one attached hydrogen (secondary N) is 1. The lowest BCUT2D eigenvalue weighted by Crippen LogP contribution is -2.28. The second-order valence-electron chi connectivity index (χ2n) is 5.23. The summed E-state index contributed by atoms with van der Waals surface area (Å²) in [5, 5.41) is 22.2. The number of hydrogen-bond donors (Lipinski definition) is 3. The molecule has 0 saturated carbocycles. The van der Waals surface area contributed by atoms with Crippen LogP contribution in [-0.2, 0) is 0 Å². The van der Waals surface area contributed by atoms with Gasteiger partial charge in [0.2, 0.25) is 0 Å².